The van der Waals surface area contributed by atoms with Crippen LogP contribution in [0.5, 0.6) is 0 Å². The van der Waals surface area contributed by atoms with Crippen LogP contribution in [0.25, 0.3) is 0 Å². The second kappa shape index (κ2) is 37.1. The molecule has 0 radical (unpaired) electrons. The smallest absolute Gasteiger partial charge is 0.303 e. The summed E-state index contributed by atoms with van der Waals surface area (Å²) in [4.78, 5) is 193. The molecule has 0 spiro atoms. The Kier molecular flexibility index (Phi) is 32.1. The van der Waals surface area contributed by atoms with Gasteiger partial charge in [0, 0.05) is 116 Å². The van der Waals surface area contributed by atoms with Gasteiger partial charge in [-0.2, -0.15) is 0 Å². The van der Waals surface area contributed by atoms with Crippen LogP contribution in [0.3, 0.4) is 0 Å². The summed E-state index contributed by atoms with van der Waals surface area (Å²) in [6.45, 7) is 0.378. The predicted molar refractivity (Wildman–Crippen MR) is 275 cm³/mol. The monoisotopic (exact) mass is 1160 g/mol. The van der Waals surface area contributed by atoms with E-state index in [0.29, 0.717) is 38.4 Å². The lowest BCUT2D eigenvalue weighted by Gasteiger charge is -2.25. The minimum Gasteiger partial charge on any atom is -0.481 e. The minimum atomic E-state index is -1.77. The van der Waals surface area contributed by atoms with Gasteiger partial charge in [0.15, 0.2) is 17.3 Å². The van der Waals surface area contributed by atoms with E-state index < -0.39 is 221 Å². The van der Waals surface area contributed by atoms with Gasteiger partial charge in [-0.25, -0.2) is 0 Å². The molecule has 2 aliphatic heterocycles. The Morgan fingerprint density at radius 1 is 0.613 bits per heavy atom. The molecule has 448 valence electrons. The third-order valence-electron chi connectivity index (χ3n) is 12.9. The number of imide groups is 1. The van der Waals surface area contributed by atoms with Crippen molar-refractivity contribution in [3.05, 3.63) is 0 Å². The lowest BCUT2D eigenvalue weighted by Crippen LogP contribution is -2.48. The highest BCUT2D eigenvalue weighted by atomic mass is 32.2. The number of nitrogens with zero attached hydrogens (tertiary/aromatic N) is 2. The maximum Gasteiger partial charge on any atom is 0.303 e. The summed E-state index contributed by atoms with van der Waals surface area (Å²) >= 11 is 1.19. The van der Waals surface area contributed by atoms with Crippen molar-refractivity contribution in [3.8, 4) is 0 Å². The first-order chi connectivity index (χ1) is 37.9. The van der Waals surface area contributed by atoms with E-state index in [4.69, 9.17) is 14.2 Å². The topological polar surface area (TPSA) is 439 Å². The van der Waals surface area contributed by atoms with Crippen molar-refractivity contribution in [2.45, 2.75) is 145 Å². The molecule has 80 heavy (non-hydrogen) atoms. The van der Waals surface area contributed by atoms with Crippen LogP contribution in [-0.4, -0.2) is 219 Å². The van der Waals surface area contributed by atoms with E-state index in [-0.39, 0.29) is 38.4 Å². The number of thioether (sulfide) groups is 1. The molecule has 0 aliphatic carbocycles. The zero-order valence-corrected chi connectivity index (χ0v) is 45.6. The number of carboxylic acids is 5. The summed E-state index contributed by atoms with van der Waals surface area (Å²) in [5.41, 5.74) is 0. The van der Waals surface area contributed by atoms with Crippen molar-refractivity contribution in [2.24, 2.45) is 11.8 Å². The zero-order valence-electron chi connectivity index (χ0n) is 44.8. The first kappa shape index (κ1) is 69.2. The minimum absolute atomic E-state index is 0.00754. The Balaban J connectivity index is 2.24. The number of aliphatic carboxylic acids is 5. The molecule has 9 N–H and O–H groups in total. The summed E-state index contributed by atoms with van der Waals surface area (Å²) < 4.78 is 15.7. The Morgan fingerprint density at radius 2 is 1.11 bits per heavy atom. The van der Waals surface area contributed by atoms with Gasteiger partial charge in [-0.3, -0.25) is 76.8 Å². The number of hydrogen-bond donors (Lipinski definition) is 9. The van der Waals surface area contributed by atoms with Crippen LogP contribution in [-0.2, 0) is 86.1 Å². The lowest BCUT2D eigenvalue weighted by atomic mass is 9.89. The molecule has 2 aliphatic rings. The fraction of sp³-hybridized carbons (Fsp3) is 0.700. The second-order valence-electron chi connectivity index (χ2n) is 18.9. The third kappa shape index (κ3) is 26.4. The summed E-state index contributed by atoms with van der Waals surface area (Å²) in [5.74, 6) is -17.6. The number of ketones is 3. The molecule has 7 amide bonds. The van der Waals surface area contributed by atoms with E-state index in [2.05, 4.69) is 21.3 Å². The number of carboxylic acid groups (broad SMARTS) is 5. The van der Waals surface area contributed by atoms with Crippen LogP contribution in [0.2, 0.25) is 0 Å². The van der Waals surface area contributed by atoms with Gasteiger partial charge in [0.05, 0.1) is 43.2 Å². The molecule has 2 saturated heterocycles. The number of carbonyl (C=O) groups is 15. The molecule has 0 aromatic carbocycles. The lowest BCUT2D eigenvalue weighted by molar-refractivity contribution is -0.142. The molecular weight excluding hydrogens is 1080 g/mol. The fourth-order valence-corrected chi connectivity index (χ4v) is 9.63. The number of carbonyl (C=O) groups excluding carboxylic acids is 10. The van der Waals surface area contributed by atoms with Crippen molar-refractivity contribution in [1.29, 1.82) is 0 Å². The van der Waals surface area contributed by atoms with E-state index >= 15 is 0 Å². The van der Waals surface area contributed by atoms with Gasteiger partial charge in [-0.15, -0.1) is 11.8 Å². The van der Waals surface area contributed by atoms with Crippen molar-refractivity contribution in [3.63, 3.8) is 0 Å². The highest BCUT2D eigenvalue weighted by Crippen LogP contribution is 2.26. The van der Waals surface area contributed by atoms with Gasteiger partial charge in [0.25, 0.3) is 0 Å². The number of amides is 7. The van der Waals surface area contributed by atoms with Crippen LogP contribution in [0.4, 0.5) is 0 Å². The SMILES string of the molecule is CNC(=O)[C@@H]1CCCN1C(=O)COCCCC(=O)[C@@H](CCC(=O)O)NC(=O)[C@@H](CCC(=O)O)CC(=O)[C@@H](CCC(=O)O)NC(=O)[C@@H](CCC(=O)O)CC(=O)[C@@H](CCC(=O)O)NC(=O)CCN1C(=O)CC(SCCOCCOC)C1=O. The fourth-order valence-electron chi connectivity index (χ4n) is 8.60. The molecule has 29 nitrogen and oxygen atoms in total. The van der Waals surface area contributed by atoms with Gasteiger partial charge in [0.2, 0.25) is 41.4 Å². The van der Waals surface area contributed by atoms with E-state index in [9.17, 15) is 97.5 Å². The Labute approximate surface area is 464 Å². The molecule has 2 fully saturated rings. The summed E-state index contributed by atoms with van der Waals surface area (Å²) in [7, 11) is 2.95. The van der Waals surface area contributed by atoms with Crippen LogP contribution < -0.4 is 21.3 Å². The van der Waals surface area contributed by atoms with Crippen LogP contribution in [0.15, 0.2) is 0 Å². The Bertz CT molecular complexity index is 2230. The average molecular weight is 1160 g/mol. The molecule has 0 bridgehead atoms. The first-order valence-corrected chi connectivity index (χ1v) is 27.1. The van der Waals surface area contributed by atoms with Gasteiger partial charge >= 0.3 is 29.8 Å². The number of rotatable bonds is 44. The summed E-state index contributed by atoms with van der Waals surface area (Å²) in [5, 5.41) is 56.2. The highest BCUT2D eigenvalue weighted by Gasteiger charge is 2.40. The number of nitrogens with one attached hydrogen (secondary N) is 4. The molecular formula is C50H74N6O23S. The first-order valence-electron chi connectivity index (χ1n) is 26.1. The molecule has 7 atom stereocenters. The highest BCUT2D eigenvalue weighted by molar-refractivity contribution is 8.00. The number of likely N-dealkylation sites (tertiary alicyclic amines) is 2. The van der Waals surface area contributed by atoms with E-state index in [1.54, 1.807) is 0 Å². The quantitative estimate of drug-likeness (QED) is 0.0259. The van der Waals surface area contributed by atoms with Gasteiger partial charge < -0.3 is 65.9 Å². The molecule has 0 aromatic rings. The van der Waals surface area contributed by atoms with Gasteiger partial charge in [-0.05, 0) is 51.4 Å². The van der Waals surface area contributed by atoms with Crippen LogP contribution in [0.1, 0.15) is 116 Å². The number of hydrogen-bond acceptors (Lipinski definition) is 19. The third-order valence-corrected chi connectivity index (χ3v) is 14.1. The maximum atomic E-state index is 14.0. The van der Waals surface area contributed by atoms with Gasteiger partial charge in [-0.1, -0.05) is 0 Å². The number of methoxy groups -OCH3 is 1. The average Bonchev–Trinajstić information content (AvgIpc) is 4.00. The predicted octanol–water partition coefficient (Wildman–Crippen LogP) is -1.07. The van der Waals surface area contributed by atoms with Crippen LogP contribution in [0, 0.1) is 11.8 Å². The molecule has 0 saturated carbocycles. The zero-order chi connectivity index (χ0) is 59.9. The summed E-state index contributed by atoms with van der Waals surface area (Å²) in [6, 6.07) is -5.52. The summed E-state index contributed by atoms with van der Waals surface area (Å²) in [6.07, 6.45) is -7.94. The van der Waals surface area contributed by atoms with Crippen molar-refractivity contribution < 1.29 is 112 Å². The second-order valence-corrected chi connectivity index (χ2v) is 20.2. The Morgan fingerprint density at radius 3 is 1.61 bits per heavy atom. The number of Topliss-reactive ketones (excluding diaryl/α,β-unsaturated/α-hetero) is 3. The maximum absolute atomic E-state index is 14.0. The van der Waals surface area contributed by atoms with Crippen molar-refractivity contribution in [2.75, 3.05) is 66.0 Å². The van der Waals surface area contributed by atoms with E-state index in [1.165, 1.54) is 30.8 Å². The normalized spacial score (nSPS) is 16.9. The van der Waals surface area contributed by atoms with Crippen LogP contribution >= 0.6 is 11.8 Å². The van der Waals surface area contributed by atoms with E-state index in [0.717, 1.165) is 4.90 Å². The molecule has 0 aromatic heterocycles. The standard InChI is InChI=1S/C50H74N6O23S/c1-51-49(75)34-5-3-18-55(34)41(62)28-79-20-4-6-35(57)31(9-14-44(67)68)53-47(73)30(8-13-43(65)66)26-37(59)33(11-16-46(71)72)54-48(74)29(7-12-42(63)64)25-36(58)32(10-15-45(69)70)52-39(60)17-19-56-40(61)27-38(50(56)76)80-24-23-78-22-21-77-2/h29-34,38H,3-28H2,1-2H3,(H,51,75)(H,52,60)(H,53,73)(H,54,74)(H,63,64)(H,65,66)(H,67,68)(H,69,70)(H,71,72)/t29-,30-,31+,32+,33+,34-,38?/m0/s1. The Hall–Kier alpha value is -6.92. The largest absolute Gasteiger partial charge is 0.481 e. The number of ether oxygens (including phenoxy) is 3. The number of likely N-dealkylation sites (N-methyl/N-ethyl adjacent to an activating group) is 1. The van der Waals surface area contributed by atoms with Gasteiger partial charge in [0.1, 0.15) is 12.6 Å². The van der Waals surface area contributed by atoms with Crippen molar-refractivity contribution in [1.82, 2.24) is 31.1 Å². The molecule has 2 heterocycles. The molecule has 1 unspecified atom stereocenters. The van der Waals surface area contributed by atoms with E-state index in [1.807, 2.05) is 0 Å². The molecule has 2 rings (SSSR count). The van der Waals surface area contributed by atoms with Crippen molar-refractivity contribution >= 4 is 100 Å². The molecule has 30 heteroatoms.